The number of esters is 1. The first-order chi connectivity index (χ1) is 7.75. The van der Waals surface area contributed by atoms with Crippen LogP contribution in [-0.2, 0) is 4.79 Å². The first kappa shape index (κ1) is 9.42. The molecule has 1 aliphatic heterocycles. The van der Waals surface area contributed by atoms with Crippen LogP contribution in [-0.4, -0.2) is 17.6 Å². The first-order valence-corrected chi connectivity index (χ1v) is 5.04. The van der Waals surface area contributed by atoms with Gasteiger partial charge in [0.05, 0.1) is 15.9 Å². The van der Waals surface area contributed by atoms with E-state index >= 15 is 0 Å². The molecule has 0 spiro atoms. The van der Waals surface area contributed by atoms with E-state index < -0.39 is 5.97 Å². The highest BCUT2D eigenvalue weighted by atomic mass is 35.5. The number of carbonyl (C=O) groups excluding carboxylic acids is 1. The number of ether oxygens (including phenoxy) is 2. The minimum Gasteiger partial charge on any atom is -0.478 e. The maximum absolute atomic E-state index is 11.2. The van der Waals surface area contributed by atoms with Gasteiger partial charge in [-0.05, 0) is 18.2 Å². The van der Waals surface area contributed by atoms with Crippen molar-refractivity contribution in [2.24, 2.45) is 0 Å². The highest BCUT2D eigenvalue weighted by Crippen LogP contribution is 2.40. The van der Waals surface area contributed by atoms with Crippen LogP contribution in [0.4, 0.5) is 0 Å². The molecule has 16 heavy (non-hydrogen) atoms. The Morgan fingerprint density at radius 3 is 3.06 bits per heavy atom. The van der Waals surface area contributed by atoms with Crippen LogP contribution in [0.3, 0.4) is 0 Å². The fourth-order valence-electron chi connectivity index (χ4n) is 1.65. The summed E-state index contributed by atoms with van der Waals surface area (Å²) in [5, 5.41) is 1.09. The summed E-state index contributed by atoms with van der Waals surface area (Å²) in [4.78, 5) is 15.3. The molecule has 0 saturated heterocycles. The third-order valence-electron chi connectivity index (χ3n) is 2.33. The number of halogens is 1. The lowest BCUT2D eigenvalue weighted by molar-refractivity contribution is -0.138. The van der Waals surface area contributed by atoms with Crippen LogP contribution in [0.25, 0.3) is 10.9 Å². The second-order valence-electron chi connectivity index (χ2n) is 3.34. The summed E-state index contributed by atoms with van der Waals surface area (Å²) < 4.78 is 10.4. The average molecular weight is 236 g/mol. The maximum Gasteiger partial charge on any atom is 0.349 e. The van der Waals surface area contributed by atoms with Gasteiger partial charge in [0.15, 0.2) is 18.1 Å². The molecule has 0 amide bonds. The number of benzene rings is 1. The first-order valence-electron chi connectivity index (χ1n) is 4.66. The number of fused-ring (bicyclic) bond motifs is 3. The molecule has 1 aliphatic rings. The number of rotatable bonds is 0. The summed E-state index contributed by atoms with van der Waals surface area (Å²) in [6.07, 6.45) is 1.60. The van der Waals surface area contributed by atoms with E-state index in [1.165, 1.54) is 0 Å². The Hall–Kier alpha value is -1.81. The third kappa shape index (κ3) is 1.31. The largest absolute Gasteiger partial charge is 0.478 e. The van der Waals surface area contributed by atoms with Gasteiger partial charge in [-0.15, -0.1) is 0 Å². The van der Waals surface area contributed by atoms with Crippen LogP contribution >= 0.6 is 11.6 Å². The zero-order valence-electron chi connectivity index (χ0n) is 8.07. The molecule has 4 nitrogen and oxygen atoms in total. The third-order valence-corrected chi connectivity index (χ3v) is 2.65. The van der Waals surface area contributed by atoms with E-state index in [9.17, 15) is 4.79 Å². The summed E-state index contributed by atoms with van der Waals surface area (Å²) >= 11 is 6.05. The summed E-state index contributed by atoms with van der Waals surface area (Å²) in [7, 11) is 0. The van der Waals surface area contributed by atoms with Crippen LogP contribution in [0.15, 0.2) is 24.4 Å². The molecule has 0 unspecified atom stereocenters. The summed E-state index contributed by atoms with van der Waals surface area (Å²) in [6, 6.07) is 5.14. The van der Waals surface area contributed by atoms with Gasteiger partial charge in [0.2, 0.25) is 0 Å². The van der Waals surface area contributed by atoms with Crippen molar-refractivity contribution in [1.82, 2.24) is 4.98 Å². The van der Waals surface area contributed by atoms with Crippen molar-refractivity contribution >= 4 is 28.5 Å². The molecule has 0 atom stereocenters. The molecule has 3 rings (SSSR count). The zero-order chi connectivity index (χ0) is 11.1. The highest BCUT2D eigenvalue weighted by Gasteiger charge is 2.22. The Morgan fingerprint density at radius 2 is 2.19 bits per heavy atom. The molecule has 0 fully saturated rings. The van der Waals surface area contributed by atoms with Gasteiger partial charge in [-0.25, -0.2) is 4.79 Å². The van der Waals surface area contributed by atoms with Crippen molar-refractivity contribution in [3.05, 3.63) is 29.4 Å². The topological polar surface area (TPSA) is 48.4 Å². The molecule has 80 valence electrons. The predicted octanol–water partition coefficient (Wildman–Crippen LogP) is 2.19. The van der Waals surface area contributed by atoms with Gasteiger partial charge in [0, 0.05) is 6.20 Å². The summed E-state index contributed by atoms with van der Waals surface area (Å²) in [5.41, 5.74) is 0.671. The van der Waals surface area contributed by atoms with E-state index in [1.54, 1.807) is 24.4 Å². The zero-order valence-corrected chi connectivity index (χ0v) is 8.82. The highest BCUT2D eigenvalue weighted by molar-refractivity contribution is 6.36. The normalized spacial score (nSPS) is 14.2. The number of hydrogen-bond donors (Lipinski definition) is 0. The van der Waals surface area contributed by atoms with Crippen LogP contribution in [0, 0.1) is 0 Å². The Morgan fingerprint density at radius 1 is 1.31 bits per heavy atom. The molecular formula is C11H6ClNO3. The molecule has 0 N–H and O–H groups in total. The van der Waals surface area contributed by atoms with E-state index in [0.29, 0.717) is 27.4 Å². The van der Waals surface area contributed by atoms with E-state index in [2.05, 4.69) is 4.98 Å². The van der Waals surface area contributed by atoms with Gasteiger partial charge >= 0.3 is 5.97 Å². The molecule has 0 radical (unpaired) electrons. The van der Waals surface area contributed by atoms with Gasteiger partial charge in [0.25, 0.3) is 0 Å². The molecule has 5 heteroatoms. The minimum absolute atomic E-state index is 0.0730. The van der Waals surface area contributed by atoms with E-state index in [0.717, 1.165) is 0 Å². The SMILES string of the molecule is O=C1COc2ccc3nccc(Cl)c3c2O1. The number of hydrogen-bond acceptors (Lipinski definition) is 4. The maximum atomic E-state index is 11.2. The fraction of sp³-hybridized carbons (Fsp3) is 0.0909. The molecule has 2 aromatic rings. The van der Waals surface area contributed by atoms with Crippen molar-refractivity contribution in [2.45, 2.75) is 0 Å². The number of nitrogens with zero attached hydrogens (tertiary/aromatic N) is 1. The lowest BCUT2D eigenvalue weighted by Gasteiger charge is -2.18. The van der Waals surface area contributed by atoms with Crippen molar-refractivity contribution in [3.8, 4) is 11.5 Å². The monoisotopic (exact) mass is 235 g/mol. The van der Waals surface area contributed by atoms with Crippen LogP contribution in [0.2, 0.25) is 5.02 Å². The molecule has 1 aromatic heterocycles. The lowest BCUT2D eigenvalue weighted by atomic mass is 10.2. The second kappa shape index (κ2) is 3.35. The molecule has 1 aromatic carbocycles. The van der Waals surface area contributed by atoms with Crippen molar-refractivity contribution in [2.75, 3.05) is 6.61 Å². The lowest BCUT2D eigenvalue weighted by Crippen LogP contribution is -2.22. The second-order valence-corrected chi connectivity index (χ2v) is 3.75. The molecule has 2 heterocycles. The van der Waals surface area contributed by atoms with Gasteiger partial charge in [-0.2, -0.15) is 0 Å². The summed E-state index contributed by atoms with van der Waals surface area (Å²) in [5.74, 6) is 0.439. The Labute approximate surface area is 95.7 Å². The Balaban J connectivity index is 2.37. The molecule has 0 aliphatic carbocycles. The van der Waals surface area contributed by atoms with Gasteiger partial charge in [0.1, 0.15) is 0 Å². The van der Waals surface area contributed by atoms with Crippen molar-refractivity contribution in [1.29, 1.82) is 0 Å². The Kier molecular flexibility index (Phi) is 1.97. The van der Waals surface area contributed by atoms with E-state index in [1.807, 2.05) is 0 Å². The standard InChI is InChI=1S/C11H6ClNO3/c12-6-3-4-13-7-1-2-8-11(10(6)7)16-9(14)5-15-8/h1-4H,5H2. The smallest absolute Gasteiger partial charge is 0.349 e. The van der Waals surface area contributed by atoms with E-state index in [4.69, 9.17) is 21.1 Å². The average Bonchev–Trinajstić information content (AvgIpc) is 2.28. The van der Waals surface area contributed by atoms with Gasteiger partial charge < -0.3 is 9.47 Å². The number of pyridine rings is 1. The predicted molar refractivity (Wildman–Crippen MR) is 57.9 cm³/mol. The number of aromatic nitrogens is 1. The quantitative estimate of drug-likeness (QED) is 0.519. The van der Waals surface area contributed by atoms with Crippen LogP contribution < -0.4 is 9.47 Å². The van der Waals surface area contributed by atoms with Crippen molar-refractivity contribution in [3.63, 3.8) is 0 Å². The number of carbonyl (C=O) groups is 1. The van der Waals surface area contributed by atoms with Gasteiger partial charge in [-0.3, -0.25) is 4.98 Å². The Bertz CT molecular complexity index is 597. The molecule has 0 saturated carbocycles. The molecule has 0 bridgehead atoms. The fourth-order valence-corrected chi connectivity index (χ4v) is 1.89. The van der Waals surface area contributed by atoms with Gasteiger partial charge in [-0.1, -0.05) is 11.6 Å². The van der Waals surface area contributed by atoms with Crippen LogP contribution in [0.1, 0.15) is 0 Å². The van der Waals surface area contributed by atoms with Crippen LogP contribution in [0.5, 0.6) is 11.5 Å². The minimum atomic E-state index is -0.431. The summed E-state index contributed by atoms with van der Waals surface area (Å²) in [6.45, 7) is -0.0730. The van der Waals surface area contributed by atoms with E-state index in [-0.39, 0.29) is 6.61 Å². The molecular weight excluding hydrogens is 230 g/mol. The van der Waals surface area contributed by atoms with Crippen molar-refractivity contribution < 1.29 is 14.3 Å².